The summed E-state index contributed by atoms with van der Waals surface area (Å²) in [6.45, 7) is 4.92. The molecule has 5 N–H and O–H groups in total. The van der Waals surface area contributed by atoms with E-state index in [1.54, 1.807) is 11.0 Å². The number of carbonyl (C=O) groups excluding carboxylic acids is 3. The van der Waals surface area contributed by atoms with Crippen molar-refractivity contribution < 1.29 is 19.1 Å². The average Bonchev–Trinajstić information content (AvgIpc) is 3.62. The highest BCUT2D eigenvalue weighted by atomic mass is 16.6. The Morgan fingerprint density at radius 2 is 1.77 bits per heavy atom. The Morgan fingerprint density at radius 1 is 1.05 bits per heavy atom. The fraction of sp³-hybridized carbons (Fsp3) is 0.444. The van der Waals surface area contributed by atoms with Gasteiger partial charge in [-0.15, -0.1) is 0 Å². The number of piperidine rings is 1. The highest BCUT2D eigenvalue weighted by Gasteiger charge is 2.45. The van der Waals surface area contributed by atoms with Gasteiger partial charge in [0.25, 0.3) is 5.91 Å². The van der Waals surface area contributed by atoms with Gasteiger partial charge in [0.05, 0.1) is 5.39 Å². The topological polar surface area (TPSA) is 159 Å². The molecule has 3 aromatic rings. The Balaban J connectivity index is 1.38. The van der Waals surface area contributed by atoms with Gasteiger partial charge >= 0.3 is 6.09 Å². The molecule has 2 aromatic heterocycles. The van der Waals surface area contributed by atoms with Crippen LogP contribution in [0.15, 0.2) is 36.4 Å². The number of anilines is 1. The molecule has 2 aliphatic heterocycles. The molecule has 0 spiro atoms. The molecular weight excluding hydrogens is 500 g/mol. The molecule has 12 nitrogen and oxygen atoms in total. The second-order valence-electron chi connectivity index (χ2n) is 9.97. The number of benzene rings is 1. The monoisotopic (exact) mass is 534 g/mol. The first-order chi connectivity index (χ1) is 18.8. The largest absolute Gasteiger partial charge is 0.428 e. The molecule has 1 aromatic carbocycles. The first kappa shape index (κ1) is 26.4. The summed E-state index contributed by atoms with van der Waals surface area (Å²) < 4.78 is 5.64. The van der Waals surface area contributed by atoms with E-state index in [2.05, 4.69) is 20.5 Å². The molecule has 5 rings (SSSR count). The fourth-order valence-electron chi connectivity index (χ4n) is 5.42. The van der Waals surface area contributed by atoms with Crippen LogP contribution in [0.5, 0.6) is 0 Å². The van der Waals surface area contributed by atoms with E-state index >= 15 is 0 Å². The van der Waals surface area contributed by atoms with Crippen molar-refractivity contribution in [3.63, 3.8) is 0 Å². The van der Waals surface area contributed by atoms with E-state index in [0.29, 0.717) is 67.4 Å². The van der Waals surface area contributed by atoms with Gasteiger partial charge in [-0.05, 0) is 18.9 Å². The van der Waals surface area contributed by atoms with E-state index < -0.39 is 11.8 Å². The summed E-state index contributed by atoms with van der Waals surface area (Å²) in [4.78, 5) is 53.1. The lowest BCUT2D eigenvalue weighted by atomic mass is 9.98. The lowest BCUT2D eigenvalue weighted by Crippen LogP contribution is -2.58. The smallest absolute Gasteiger partial charge is 0.406 e. The fourth-order valence-corrected chi connectivity index (χ4v) is 5.42. The van der Waals surface area contributed by atoms with Crippen molar-refractivity contribution in [2.45, 2.75) is 38.3 Å². The number of hydrogen-bond acceptors (Lipinski definition) is 8. The molecule has 206 valence electrons. The van der Waals surface area contributed by atoms with Gasteiger partial charge in [-0.2, -0.15) is 0 Å². The Hall–Kier alpha value is -4.19. The van der Waals surface area contributed by atoms with E-state index in [-0.39, 0.29) is 11.8 Å². The highest BCUT2D eigenvalue weighted by Crippen LogP contribution is 2.34. The van der Waals surface area contributed by atoms with Crippen LogP contribution in [0.1, 0.15) is 43.1 Å². The van der Waals surface area contributed by atoms with Crippen LogP contribution in [0.4, 0.5) is 10.6 Å². The number of aromatic nitrogens is 3. The maximum Gasteiger partial charge on any atom is 0.406 e. The van der Waals surface area contributed by atoms with Crippen LogP contribution in [0.25, 0.3) is 22.4 Å². The summed E-state index contributed by atoms with van der Waals surface area (Å²) in [5.41, 5.74) is 6.44. The zero-order valence-corrected chi connectivity index (χ0v) is 22.0. The first-order valence-electron chi connectivity index (χ1n) is 13.3. The van der Waals surface area contributed by atoms with Crippen molar-refractivity contribution in [1.29, 1.82) is 0 Å². The molecule has 0 unspecified atom stereocenters. The number of H-pyrrole nitrogens is 1. The zero-order valence-electron chi connectivity index (χ0n) is 22.0. The number of fused-ring (bicyclic) bond motifs is 1. The second kappa shape index (κ2) is 11.3. The molecule has 4 heterocycles. The number of ether oxygens (including phenoxy) is 1. The van der Waals surface area contributed by atoms with Crippen molar-refractivity contribution in [3.8, 4) is 11.4 Å². The lowest BCUT2D eigenvalue weighted by molar-refractivity contribution is -0.130. The van der Waals surface area contributed by atoms with E-state index in [0.717, 1.165) is 31.5 Å². The number of primary amides is 1. The summed E-state index contributed by atoms with van der Waals surface area (Å²) in [7, 11) is 0. The standard InChI is InChI=1S/C27H34N8O4/c1-18(36)29-11-12-30-23-20-17-21(31-24(20)33-22(32-23)19-7-3-2-4-8-19)25(37)34-15-9-27(10-16-34,39-26(28)38)35-13-5-6-14-35/h2-4,7-8,17H,5-6,9-16H2,1H3,(H2,28,38)(H,29,36)(H2,30,31,32,33). The summed E-state index contributed by atoms with van der Waals surface area (Å²) in [6.07, 6.45) is 2.30. The normalized spacial score (nSPS) is 17.2. The molecule has 3 amide bonds. The summed E-state index contributed by atoms with van der Waals surface area (Å²) in [5.74, 6) is 0.817. The van der Waals surface area contributed by atoms with Gasteiger partial charge in [0.15, 0.2) is 11.5 Å². The Labute approximate surface area is 226 Å². The Bertz CT molecular complexity index is 1340. The van der Waals surface area contributed by atoms with Crippen molar-refractivity contribution >= 4 is 34.8 Å². The number of nitrogens with two attached hydrogens (primary N) is 1. The number of nitrogens with one attached hydrogen (secondary N) is 3. The zero-order chi connectivity index (χ0) is 27.4. The molecule has 0 aliphatic carbocycles. The molecule has 2 fully saturated rings. The highest BCUT2D eigenvalue weighted by molar-refractivity contribution is 6.00. The van der Waals surface area contributed by atoms with Gasteiger partial charge in [0.1, 0.15) is 17.2 Å². The van der Waals surface area contributed by atoms with Crippen molar-refractivity contribution in [3.05, 3.63) is 42.1 Å². The number of nitrogens with zero attached hydrogens (tertiary/aromatic N) is 4. The van der Waals surface area contributed by atoms with E-state index in [1.165, 1.54) is 6.92 Å². The van der Waals surface area contributed by atoms with Gasteiger partial charge in [-0.3, -0.25) is 14.5 Å². The molecule has 12 heteroatoms. The summed E-state index contributed by atoms with van der Waals surface area (Å²) in [6, 6.07) is 11.4. The van der Waals surface area contributed by atoms with Crippen LogP contribution >= 0.6 is 0 Å². The van der Waals surface area contributed by atoms with Crippen molar-refractivity contribution in [2.75, 3.05) is 44.6 Å². The number of carbonyl (C=O) groups is 3. The van der Waals surface area contributed by atoms with Gasteiger partial charge < -0.3 is 31.0 Å². The van der Waals surface area contributed by atoms with Crippen LogP contribution < -0.4 is 16.4 Å². The molecule has 0 saturated carbocycles. The number of hydrogen-bond donors (Lipinski definition) is 4. The van der Waals surface area contributed by atoms with Gasteiger partial charge in [0.2, 0.25) is 5.91 Å². The SMILES string of the molecule is CC(=O)NCCNc1nc(-c2ccccc2)nc2[nH]c(C(=O)N3CCC(OC(N)=O)(N4CCCC4)CC3)cc12. The first-order valence-corrected chi connectivity index (χ1v) is 13.3. The predicted octanol–water partition coefficient (Wildman–Crippen LogP) is 2.30. The molecule has 0 bridgehead atoms. The van der Waals surface area contributed by atoms with Crippen LogP contribution in [0.3, 0.4) is 0 Å². The molecule has 0 atom stereocenters. The average molecular weight is 535 g/mol. The number of rotatable bonds is 8. The van der Waals surface area contributed by atoms with Crippen LogP contribution in [0.2, 0.25) is 0 Å². The van der Waals surface area contributed by atoms with E-state index in [9.17, 15) is 14.4 Å². The number of aromatic amines is 1. The van der Waals surface area contributed by atoms with E-state index in [1.807, 2.05) is 30.3 Å². The number of likely N-dealkylation sites (tertiary alicyclic amines) is 2. The maximum atomic E-state index is 13.6. The lowest BCUT2D eigenvalue weighted by Gasteiger charge is -2.45. The van der Waals surface area contributed by atoms with Crippen molar-refractivity contribution in [1.82, 2.24) is 30.1 Å². The minimum Gasteiger partial charge on any atom is -0.428 e. The molecule has 0 radical (unpaired) electrons. The minimum absolute atomic E-state index is 0.111. The third kappa shape index (κ3) is 5.80. The molecule has 39 heavy (non-hydrogen) atoms. The Kier molecular flexibility index (Phi) is 7.64. The second-order valence-corrected chi connectivity index (χ2v) is 9.97. The van der Waals surface area contributed by atoms with Crippen LogP contribution in [-0.2, 0) is 9.53 Å². The van der Waals surface area contributed by atoms with Crippen LogP contribution in [-0.4, -0.2) is 87.7 Å². The van der Waals surface area contributed by atoms with Gasteiger partial charge in [0, 0.05) is 64.6 Å². The summed E-state index contributed by atoms with van der Waals surface area (Å²) >= 11 is 0. The van der Waals surface area contributed by atoms with Crippen LogP contribution in [0, 0.1) is 0 Å². The minimum atomic E-state index is -0.788. The third-order valence-corrected chi connectivity index (χ3v) is 7.35. The Morgan fingerprint density at radius 3 is 2.44 bits per heavy atom. The molecule has 2 aliphatic rings. The summed E-state index contributed by atoms with van der Waals surface area (Å²) in [5, 5.41) is 6.71. The van der Waals surface area contributed by atoms with E-state index in [4.69, 9.17) is 20.4 Å². The maximum absolute atomic E-state index is 13.6. The molecule has 2 saturated heterocycles. The predicted molar refractivity (Wildman–Crippen MR) is 146 cm³/mol. The van der Waals surface area contributed by atoms with Crippen molar-refractivity contribution in [2.24, 2.45) is 5.73 Å². The third-order valence-electron chi connectivity index (χ3n) is 7.35. The number of amides is 3. The van der Waals surface area contributed by atoms with Gasteiger partial charge in [-0.25, -0.2) is 14.8 Å². The quantitative estimate of drug-likeness (QED) is 0.321. The van der Waals surface area contributed by atoms with Gasteiger partial charge in [-0.1, -0.05) is 30.3 Å². The molecular formula is C27H34N8O4.